The van der Waals surface area contributed by atoms with Crippen LogP contribution in [0.3, 0.4) is 0 Å². The van der Waals surface area contributed by atoms with E-state index < -0.39 is 0 Å². The van der Waals surface area contributed by atoms with Crippen LogP contribution >= 0.6 is 43.2 Å². The zero-order valence-corrected chi connectivity index (χ0v) is 13.6. The normalized spacial score (nSPS) is 10.6. The van der Waals surface area contributed by atoms with Crippen molar-refractivity contribution in [2.75, 3.05) is 13.2 Å². The molecule has 0 amide bonds. The van der Waals surface area contributed by atoms with Gasteiger partial charge < -0.3 is 10.1 Å². The maximum atomic E-state index is 5.64. The van der Waals surface area contributed by atoms with Gasteiger partial charge in [-0.15, -0.1) is 11.3 Å². The topological polar surface area (TPSA) is 21.3 Å². The molecule has 0 aliphatic heterocycles. The van der Waals surface area contributed by atoms with Crippen LogP contribution in [0.25, 0.3) is 0 Å². The fraction of sp³-hybridized carbons (Fsp3) is 0.231. The zero-order chi connectivity index (χ0) is 12.8. The first-order chi connectivity index (χ1) is 8.75. The zero-order valence-electron chi connectivity index (χ0n) is 9.66. The number of halogens is 2. The standard InChI is InChI=1S/C13H13Br2NOS/c14-10-2-1-3-11(8-10)17-6-5-16-9-13-12(15)4-7-18-13/h1-4,7-8,16H,5-6,9H2. The summed E-state index contributed by atoms with van der Waals surface area (Å²) in [6.07, 6.45) is 0. The summed E-state index contributed by atoms with van der Waals surface area (Å²) in [6, 6.07) is 9.95. The molecule has 1 heterocycles. The van der Waals surface area contributed by atoms with Gasteiger partial charge in [0.25, 0.3) is 0 Å². The lowest BCUT2D eigenvalue weighted by Gasteiger charge is -2.07. The van der Waals surface area contributed by atoms with Crippen LogP contribution in [-0.4, -0.2) is 13.2 Å². The molecule has 2 aromatic rings. The molecular formula is C13H13Br2NOS. The van der Waals surface area contributed by atoms with Gasteiger partial charge in [0.15, 0.2) is 0 Å². The highest BCUT2D eigenvalue weighted by Crippen LogP contribution is 2.22. The monoisotopic (exact) mass is 389 g/mol. The van der Waals surface area contributed by atoms with E-state index in [-0.39, 0.29) is 0 Å². The Morgan fingerprint density at radius 2 is 2.11 bits per heavy atom. The Labute approximate surface area is 128 Å². The minimum atomic E-state index is 0.666. The van der Waals surface area contributed by atoms with Crippen LogP contribution in [0.4, 0.5) is 0 Å². The second-order valence-electron chi connectivity index (χ2n) is 3.67. The lowest BCUT2D eigenvalue weighted by Crippen LogP contribution is -2.20. The number of nitrogens with one attached hydrogen (secondary N) is 1. The molecule has 18 heavy (non-hydrogen) atoms. The quantitative estimate of drug-likeness (QED) is 0.736. The first kappa shape index (κ1) is 14.1. The van der Waals surface area contributed by atoms with Gasteiger partial charge in [-0.1, -0.05) is 22.0 Å². The van der Waals surface area contributed by atoms with Gasteiger partial charge in [-0.3, -0.25) is 0 Å². The van der Waals surface area contributed by atoms with Gasteiger partial charge in [-0.2, -0.15) is 0 Å². The first-order valence-electron chi connectivity index (χ1n) is 5.56. The molecule has 1 N–H and O–H groups in total. The van der Waals surface area contributed by atoms with E-state index in [4.69, 9.17) is 4.74 Å². The molecule has 0 aliphatic rings. The maximum Gasteiger partial charge on any atom is 0.120 e. The van der Waals surface area contributed by atoms with E-state index in [9.17, 15) is 0 Å². The van der Waals surface area contributed by atoms with Gasteiger partial charge in [0.05, 0.1) is 0 Å². The Bertz CT molecular complexity index is 501. The van der Waals surface area contributed by atoms with E-state index in [0.717, 1.165) is 23.3 Å². The molecule has 0 aliphatic carbocycles. The smallest absolute Gasteiger partial charge is 0.120 e. The number of rotatable bonds is 6. The van der Waals surface area contributed by atoms with E-state index in [1.165, 1.54) is 9.35 Å². The fourth-order valence-corrected chi connectivity index (χ4v) is 3.29. The number of thiophene rings is 1. The summed E-state index contributed by atoms with van der Waals surface area (Å²) in [5, 5.41) is 5.44. The van der Waals surface area contributed by atoms with E-state index in [0.29, 0.717) is 6.61 Å². The molecule has 0 radical (unpaired) electrons. The van der Waals surface area contributed by atoms with Crippen LogP contribution in [0.1, 0.15) is 4.88 Å². The van der Waals surface area contributed by atoms with E-state index in [1.807, 2.05) is 24.3 Å². The summed E-state index contributed by atoms with van der Waals surface area (Å²) in [5.41, 5.74) is 0. The Hall–Kier alpha value is -0.360. The van der Waals surface area contributed by atoms with Gasteiger partial charge in [0.2, 0.25) is 0 Å². The molecule has 1 aromatic carbocycles. The van der Waals surface area contributed by atoms with Crippen molar-refractivity contribution in [2.45, 2.75) is 6.54 Å². The Kier molecular flexibility index (Phi) is 5.69. The molecule has 2 rings (SSSR count). The average Bonchev–Trinajstić information content (AvgIpc) is 2.75. The molecule has 1 aromatic heterocycles. The molecule has 0 saturated carbocycles. The van der Waals surface area contributed by atoms with Crippen LogP contribution in [-0.2, 0) is 6.54 Å². The lowest BCUT2D eigenvalue weighted by molar-refractivity contribution is 0.313. The Morgan fingerprint density at radius 1 is 1.22 bits per heavy atom. The van der Waals surface area contributed by atoms with Crippen molar-refractivity contribution in [3.8, 4) is 5.75 Å². The molecule has 0 bridgehead atoms. The molecule has 5 heteroatoms. The van der Waals surface area contributed by atoms with Crippen LogP contribution in [0, 0.1) is 0 Å². The minimum Gasteiger partial charge on any atom is -0.492 e. The number of hydrogen-bond acceptors (Lipinski definition) is 3. The fourth-order valence-electron chi connectivity index (χ4n) is 1.45. The Morgan fingerprint density at radius 3 is 2.83 bits per heavy atom. The summed E-state index contributed by atoms with van der Waals surface area (Å²) in [4.78, 5) is 1.32. The first-order valence-corrected chi connectivity index (χ1v) is 8.03. The lowest BCUT2D eigenvalue weighted by atomic mass is 10.3. The van der Waals surface area contributed by atoms with Crippen molar-refractivity contribution in [3.63, 3.8) is 0 Å². The molecule has 2 nitrogen and oxygen atoms in total. The Balaban J connectivity index is 1.66. The van der Waals surface area contributed by atoms with E-state index in [2.05, 4.69) is 48.6 Å². The predicted molar refractivity (Wildman–Crippen MR) is 83.4 cm³/mol. The van der Waals surface area contributed by atoms with Crippen LogP contribution in [0.5, 0.6) is 5.75 Å². The summed E-state index contributed by atoms with van der Waals surface area (Å²) >= 11 is 8.68. The van der Waals surface area contributed by atoms with Crippen molar-refractivity contribution in [3.05, 3.63) is 49.5 Å². The molecule has 96 valence electrons. The highest BCUT2D eigenvalue weighted by molar-refractivity contribution is 9.10. The minimum absolute atomic E-state index is 0.666. The van der Waals surface area contributed by atoms with Crippen molar-refractivity contribution >= 4 is 43.2 Å². The summed E-state index contributed by atoms with van der Waals surface area (Å²) < 4.78 is 7.85. The third kappa shape index (κ3) is 4.39. The molecular weight excluding hydrogens is 378 g/mol. The number of hydrogen-bond donors (Lipinski definition) is 1. The van der Waals surface area contributed by atoms with Gasteiger partial charge in [-0.25, -0.2) is 0 Å². The van der Waals surface area contributed by atoms with Gasteiger partial charge in [0.1, 0.15) is 12.4 Å². The van der Waals surface area contributed by atoms with Gasteiger partial charge in [-0.05, 0) is 45.6 Å². The van der Waals surface area contributed by atoms with Crippen LogP contribution < -0.4 is 10.1 Å². The van der Waals surface area contributed by atoms with Crippen molar-refractivity contribution in [2.24, 2.45) is 0 Å². The maximum absolute atomic E-state index is 5.64. The third-order valence-corrected chi connectivity index (χ3v) is 4.74. The largest absolute Gasteiger partial charge is 0.492 e. The number of benzene rings is 1. The summed E-state index contributed by atoms with van der Waals surface area (Å²) in [6.45, 7) is 2.37. The molecule has 0 unspecified atom stereocenters. The molecule has 0 fully saturated rings. The van der Waals surface area contributed by atoms with E-state index in [1.54, 1.807) is 11.3 Å². The van der Waals surface area contributed by atoms with Crippen molar-refractivity contribution in [1.82, 2.24) is 5.32 Å². The SMILES string of the molecule is Brc1cccc(OCCNCc2sccc2Br)c1. The second kappa shape index (κ2) is 7.28. The van der Waals surface area contributed by atoms with Crippen molar-refractivity contribution in [1.29, 1.82) is 0 Å². The summed E-state index contributed by atoms with van der Waals surface area (Å²) in [7, 11) is 0. The molecule has 0 saturated heterocycles. The van der Waals surface area contributed by atoms with Gasteiger partial charge >= 0.3 is 0 Å². The molecule has 0 atom stereocenters. The summed E-state index contributed by atoms with van der Waals surface area (Å²) in [5.74, 6) is 0.892. The van der Waals surface area contributed by atoms with E-state index >= 15 is 0 Å². The van der Waals surface area contributed by atoms with Crippen LogP contribution in [0.15, 0.2) is 44.7 Å². The molecule has 0 spiro atoms. The average molecular weight is 391 g/mol. The predicted octanol–water partition coefficient (Wildman–Crippen LogP) is 4.44. The van der Waals surface area contributed by atoms with Crippen molar-refractivity contribution < 1.29 is 4.74 Å². The van der Waals surface area contributed by atoms with Crippen LogP contribution in [0.2, 0.25) is 0 Å². The number of ether oxygens (including phenoxy) is 1. The highest BCUT2D eigenvalue weighted by Gasteiger charge is 2.00. The van der Waals surface area contributed by atoms with Gasteiger partial charge in [0, 0.05) is 26.9 Å². The third-order valence-electron chi connectivity index (χ3n) is 2.32. The highest BCUT2D eigenvalue weighted by atomic mass is 79.9. The second-order valence-corrected chi connectivity index (χ2v) is 6.45.